The van der Waals surface area contributed by atoms with E-state index in [4.69, 9.17) is 0 Å². The fourth-order valence-corrected chi connectivity index (χ4v) is 2.88. The molecule has 2 aromatic heterocycles. The summed E-state index contributed by atoms with van der Waals surface area (Å²) in [6.07, 6.45) is 3.04. The first-order chi connectivity index (χ1) is 13.0. The lowest BCUT2D eigenvalue weighted by Gasteiger charge is -2.02. The van der Waals surface area contributed by atoms with E-state index in [1.165, 1.54) is 35.6 Å². The maximum Gasteiger partial charge on any atom is 0.268 e. The van der Waals surface area contributed by atoms with Gasteiger partial charge in [0.15, 0.2) is 16.6 Å². The van der Waals surface area contributed by atoms with Crippen molar-refractivity contribution in [3.8, 4) is 29.0 Å². The van der Waals surface area contributed by atoms with Crippen molar-refractivity contribution in [1.82, 2.24) is 9.97 Å². The van der Waals surface area contributed by atoms with Gasteiger partial charge >= 0.3 is 0 Å². The van der Waals surface area contributed by atoms with Crippen LogP contribution in [0.3, 0.4) is 0 Å². The number of phenols is 2. The molecule has 3 N–H and O–H groups in total. The molecule has 0 bridgehead atoms. The molecule has 0 atom stereocenters. The van der Waals surface area contributed by atoms with Crippen molar-refractivity contribution < 1.29 is 15.0 Å². The largest absolute Gasteiger partial charge is 0.504 e. The summed E-state index contributed by atoms with van der Waals surface area (Å²) in [6.45, 7) is 1.94. The maximum absolute atomic E-state index is 12.3. The smallest absolute Gasteiger partial charge is 0.268 e. The van der Waals surface area contributed by atoms with Gasteiger partial charge in [0.2, 0.25) is 0 Å². The molecule has 0 aliphatic rings. The number of hydrogen-bond acceptors (Lipinski definition) is 7. The van der Waals surface area contributed by atoms with Gasteiger partial charge in [-0.1, -0.05) is 12.1 Å². The van der Waals surface area contributed by atoms with Crippen molar-refractivity contribution in [1.29, 1.82) is 5.26 Å². The quantitative estimate of drug-likeness (QED) is 0.363. The van der Waals surface area contributed by atoms with Crippen LogP contribution in [0.15, 0.2) is 47.5 Å². The molecular formula is C19H14N4O3S. The van der Waals surface area contributed by atoms with Gasteiger partial charge in [0.05, 0.1) is 5.69 Å². The molecule has 3 rings (SSSR count). The van der Waals surface area contributed by atoms with E-state index in [1.54, 1.807) is 11.6 Å². The van der Waals surface area contributed by atoms with E-state index in [1.807, 2.05) is 25.1 Å². The number of aryl methyl sites for hydroxylation is 1. The Hall–Kier alpha value is -3.70. The molecule has 0 aliphatic carbocycles. The van der Waals surface area contributed by atoms with Gasteiger partial charge in [0.25, 0.3) is 5.91 Å². The van der Waals surface area contributed by atoms with Crippen LogP contribution in [-0.4, -0.2) is 26.1 Å². The highest BCUT2D eigenvalue weighted by Gasteiger charge is 2.13. The molecule has 0 fully saturated rings. The number of aromatic nitrogens is 2. The topological polar surface area (TPSA) is 119 Å². The predicted octanol–water partition coefficient (Wildman–Crippen LogP) is 3.47. The van der Waals surface area contributed by atoms with Gasteiger partial charge in [-0.05, 0) is 42.3 Å². The second-order valence-corrected chi connectivity index (χ2v) is 6.49. The lowest BCUT2D eigenvalue weighted by Crippen LogP contribution is -2.13. The van der Waals surface area contributed by atoms with E-state index in [0.717, 1.165) is 5.56 Å². The molecule has 0 saturated carbocycles. The molecule has 2 heterocycles. The number of nitriles is 1. The Morgan fingerprint density at radius 2 is 2.04 bits per heavy atom. The van der Waals surface area contributed by atoms with Crippen molar-refractivity contribution >= 4 is 28.5 Å². The lowest BCUT2D eigenvalue weighted by atomic mass is 10.1. The molecule has 7 nitrogen and oxygen atoms in total. The monoisotopic (exact) mass is 378 g/mol. The van der Waals surface area contributed by atoms with Crippen LogP contribution >= 0.6 is 11.3 Å². The Morgan fingerprint density at radius 3 is 2.70 bits per heavy atom. The molecule has 0 spiro atoms. The minimum absolute atomic E-state index is 0.162. The summed E-state index contributed by atoms with van der Waals surface area (Å²) in [5, 5.41) is 32.8. The fraction of sp³-hybridized carbons (Fsp3) is 0.0526. The number of aromatic hydroxyl groups is 2. The molecule has 3 aromatic rings. The van der Waals surface area contributed by atoms with Gasteiger partial charge in [-0.3, -0.25) is 15.1 Å². The molecule has 0 aliphatic heterocycles. The highest BCUT2D eigenvalue weighted by Crippen LogP contribution is 2.27. The number of carbonyl (C=O) groups is 1. The molecule has 0 radical (unpaired) electrons. The predicted molar refractivity (Wildman–Crippen MR) is 102 cm³/mol. The van der Waals surface area contributed by atoms with Gasteiger partial charge in [0, 0.05) is 11.6 Å². The van der Waals surface area contributed by atoms with E-state index in [2.05, 4.69) is 15.3 Å². The SMILES string of the molecule is Cc1ccc(-c2csc(NC(=O)/C(C#N)=C/c3ccc(O)c(O)c3)n2)nc1. The summed E-state index contributed by atoms with van der Waals surface area (Å²) in [6, 6.07) is 9.58. The van der Waals surface area contributed by atoms with E-state index in [9.17, 15) is 20.3 Å². The van der Waals surface area contributed by atoms with Gasteiger partial charge in [0.1, 0.15) is 17.3 Å². The first-order valence-electron chi connectivity index (χ1n) is 7.80. The number of nitrogens with one attached hydrogen (secondary N) is 1. The number of pyridine rings is 1. The van der Waals surface area contributed by atoms with Crippen molar-refractivity contribution in [2.24, 2.45) is 0 Å². The molecule has 0 saturated heterocycles. The van der Waals surface area contributed by atoms with E-state index >= 15 is 0 Å². The van der Waals surface area contributed by atoms with Gasteiger partial charge in [-0.25, -0.2) is 4.98 Å². The standard InChI is InChI=1S/C19H14N4O3S/c1-11-2-4-14(21-9-11)15-10-27-19(22-15)23-18(26)13(8-20)6-12-3-5-16(24)17(25)7-12/h2-7,9-10,24-25H,1H3,(H,22,23,26)/b13-6+. The Morgan fingerprint density at radius 1 is 1.22 bits per heavy atom. The Balaban J connectivity index is 1.77. The number of phenolic OH excluding ortho intramolecular Hbond substituents is 2. The van der Waals surface area contributed by atoms with Crippen LogP contribution in [0, 0.1) is 18.3 Å². The van der Waals surface area contributed by atoms with Crippen LogP contribution < -0.4 is 5.32 Å². The second kappa shape index (κ2) is 7.68. The highest BCUT2D eigenvalue weighted by atomic mass is 32.1. The van der Waals surface area contributed by atoms with E-state index in [-0.39, 0.29) is 17.1 Å². The molecule has 1 aromatic carbocycles. The van der Waals surface area contributed by atoms with E-state index in [0.29, 0.717) is 22.1 Å². The van der Waals surface area contributed by atoms with Crippen molar-refractivity contribution in [3.63, 3.8) is 0 Å². The van der Waals surface area contributed by atoms with Crippen LogP contribution in [0.2, 0.25) is 0 Å². The average molecular weight is 378 g/mol. The van der Waals surface area contributed by atoms with E-state index < -0.39 is 5.91 Å². The first-order valence-corrected chi connectivity index (χ1v) is 8.68. The van der Waals surface area contributed by atoms with Crippen molar-refractivity contribution in [2.75, 3.05) is 5.32 Å². The summed E-state index contributed by atoms with van der Waals surface area (Å²) >= 11 is 1.22. The molecule has 0 unspecified atom stereocenters. The highest BCUT2D eigenvalue weighted by molar-refractivity contribution is 7.14. The summed E-state index contributed by atoms with van der Waals surface area (Å²) in [7, 11) is 0. The number of benzene rings is 1. The van der Waals surface area contributed by atoms with Crippen LogP contribution in [0.4, 0.5) is 5.13 Å². The minimum Gasteiger partial charge on any atom is -0.504 e. The molecular weight excluding hydrogens is 364 g/mol. The molecule has 1 amide bonds. The molecule has 8 heteroatoms. The number of hydrogen-bond donors (Lipinski definition) is 3. The van der Waals surface area contributed by atoms with Gasteiger partial charge < -0.3 is 10.2 Å². The number of nitrogens with zero attached hydrogens (tertiary/aromatic N) is 3. The Labute approximate surface area is 158 Å². The zero-order valence-electron chi connectivity index (χ0n) is 14.2. The zero-order valence-corrected chi connectivity index (χ0v) is 15.0. The van der Waals surface area contributed by atoms with Crippen molar-refractivity contribution in [3.05, 3.63) is 58.6 Å². The van der Waals surface area contributed by atoms with Crippen LogP contribution in [-0.2, 0) is 4.79 Å². The number of rotatable bonds is 4. The van der Waals surface area contributed by atoms with Crippen LogP contribution in [0.25, 0.3) is 17.5 Å². The fourth-order valence-electron chi connectivity index (χ4n) is 2.18. The summed E-state index contributed by atoms with van der Waals surface area (Å²) < 4.78 is 0. The molecule has 27 heavy (non-hydrogen) atoms. The Bertz CT molecular complexity index is 1070. The summed E-state index contributed by atoms with van der Waals surface area (Å²) in [4.78, 5) is 20.9. The number of carbonyl (C=O) groups excluding carboxylic acids is 1. The number of amides is 1. The van der Waals surface area contributed by atoms with Gasteiger partial charge in [-0.2, -0.15) is 5.26 Å². The first kappa shape index (κ1) is 18.1. The number of anilines is 1. The van der Waals surface area contributed by atoms with Gasteiger partial charge in [-0.15, -0.1) is 11.3 Å². The minimum atomic E-state index is -0.622. The third-order valence-electron chi connectivity index (χ3n) is 3.57. The normalized spacial score (nSPS) is 11.0. The lowest BCUT2D eigenvalue weighted by molar-refractivity contribution is -0.112. The maximum atomic E-state index is 12.3. The summed E-state index contributed by atoms with van der Waals surface area (Å²) in [5.74, 6) is -1.24. The third kappa shape index (κ3) is 4.29. The summed E-state index contributed by atoms with van der Waals surface area (Å²) in [5.41, 5.74) is 2.59. The van der Waals surface area contributed by atoms with Crippen molar-refractivity contribution in [2.45, 2.75) is 6.92 Å². The second-order valence-electron chi connectivity index (χ2n) is 5.63. The Kier molecular flexibility index (Phi) is 5.15. The molecule has 134 valence electrons. The average Bonchev–Trinajstić information content (AvgIpc) is 3.11. The zero-order chi connectivity index (χ0) is 19.4. The third-order valence-corrected chi connectivity index (χ3v) is 4.33. The van der Waals surface area contributed by atoms with Crippen LogP contribution in [0.1, 0.15) is 11.1 Å². The number of thiazole rings is 1. The van der Waals surface area contributed by atoms with Crippen LogP contribution in [0.5, 0.6) is 11.5 Å².